The van der Waals surface area contributed by atoms with Gasteiger partial charge >= 0.3 is 6.18 Å². The number of aromatic nitrogens is 3. The number of aromatic amines is 1. The number of hydrogen-bond acceptors (Lipinski definition) is 3. The van der Waals surface area contributed by atoms with E-state index in [2.05, 4.69) is 20.3 Å². The van der Waals surface area contributed by atoms with E-state index in [1.54, 1.807) is 30.6 Å². The summed E-state index contributed by atoms with van der Waals surface area (Å²) in [7, 11) is 0. The van der Waals surface area contributed by atoms with Crippen LogP contribution in [0.5, 0.6) is 0 Å². The topological polar surface area (TPSA) is 53.6 Å². The van der Waals surface area contributed by atoms with Crippen LogP contribution in [-0.2, 0) is 12.7 Å². The molecular weight excluding hydrogens is 372 g/mol. The minimum atomic E-state index is -4.62. The first-order chi connectivity index (χ1) is 13.4. The second-order valence-electron chi connectivity index (χ2n) is 6.19. The Morgan fingerprint density at radius 3 is 2.64 bits per heavy atom. The summed E-state index contributed by atoms with van der Waals surface area (Å²) in [5, 5.41) is 3.21. The van der Waals surface area contributed by atoms with Gasteiger partial charge in [0.25, 0.3) is 0 Å². The van der Waals surface area contributed by atoms with Crippen molar-refractivity contribution in [3.05, 3.63) is 77.9 Å². The molecule has 0 unspecified atom stereocenters. The standard InChI is InChI=1S/C20H14F4N4/c21-13-6-7-15(20(22,23)24)14(9-13)19-27-17-5-1-4-16(18(17)28-19)26-11-12-3-2-8-25-10-12/h1-10,26H,11H2,(H,27,28). The van der Waals surface area contributed by atoms with E-state index in [1.165, 1.54) is 0 Å². The molecule has 0 aliphatic carbocycles. The van der Waals surface area contributed by atoms with Crippen molar-refractivity contribution in [1.29, 1.82) is 0 Å². The smallest absolute Gasteiger partial charge is 0.379 e. The van der Waals surface area contributed by atoms with E-state index in [0.29, 0.717) is 23.3 Å². The van der Waals surface area contributed by atoms with Gasteiger partial charge in [0.1, 0.15) is 17.2 Å². The number of para-hydroxylation sites is 1. The molecule has 28 heavy (non-hydrogen) atoms. The number of fused-ring (bicyclic) bond motifs is 1. The summed E-state index contributed by atoms with van der Waals surface area (Å²) in [5.74, 6) is -0.809. The van der Waals surface area contributed by atoms with Gasteiger partial charge in [0.15, 0.2) is 0 Å². The fourth-order valence-corrected chi connectivity index (χ4v) is 2.96. The first-order valence-corrected chi connectivity index (χ1v) is 8.40. The normalized spacial score (nSPS) is 11.7. The first kappa shape index (κ1) is 18.0. The van der Waals surface area contributed by atoms with Gasteiger partial charge in [-0.1, -0.05) is 12.1 Å². The lowest BCUT2D eigenvalue weighted by Crippen LogP contribution is -2.08. The Labute approximate surface area is 157 Å². The maximum atomic E-state index is 13.6. The average molecular weight is 386 g/mol. The van der Waals surface area contributed by atoms with Gasteiger partial charge in [-0.3, -0.25) is 4.98 Å². The molecule has 0 amide bonds. The van der Waals surface area contributed by atoms with Gasteiger partial charge in [-0.05, 0) is 42.0 Å². The monoisotopic (exact) mass is 386 g/mol. The molecule has 0 bridgehead atoms. The maximum absolute atomic E-state index is 13.6. The lowest BCUT2D eigenvalue weighted by atomic mass is 10.1. The molecule has 2 heterocycles. The Kier molecular flexibility index (Phi) is 4.46. The van der Waals surface area contributed by atoms with E-state index >= 15 is 0 Å². The molecule has 142 valence electrons. The van der Waals surface area contributed by atoms with Crippen LogP contribution in [0.2, 0.25) is 0 Å². The third-order valence-corrected chi connectivity index (χ3v) is 4.26. The molecule has 0 atom stereocenters. The van der Waals surface area contributed by atoms with Crippen molar-refractivity contribution in [1.82, 2.24) is 15.0 Å². The molecule has 0 saturated heterocycles. The fraction of sp³-hybridized carbons (Fsp3) is 0.100. The third kappa shape index (κ3) is 3.53. The predicted molar refractivity (Wildman–Crippen MR) is 98.1 cm³/mol. The summed E-state index contributed by atoms with van der Waals surface area (Å²) >= 11 is 0. The Bertz CT molecular complexity index is 1120. The minimum absolute atomic E-state index is 0.0440. The SMILES string of the molecule is Fc1ccc(C(F)(F)F)c(-c2nc3c(NCc4cccnc4)cccc3[nH]2)c1. The summed E-state index contributed by atoms with van der Waals surface area (Å²) in [6, 6.07) is 11.3. The second-order valence-corrected chi connectivity index (χ2v) is 6.19. The summed E-state index contributed by atoms with van der Waals surface area (Å²) in [6.07, 6.45) is -1.24. The van der Waals surface area contributed by atoms with Crippen LogP contribution in [0.4, 0.5) is 23.2 Å². The van der Waals surface area contributed by atoms with Crippen molar-refractivity contribution >= 4 is 16.7 Å². The van der Waals surface area contributed by atoms with Gasteiger partial charge in [0.05, 0.1) is 16.8 Å². The van der Waals surface area contributed by atoms with E-state index in [1.807, 2.05) is 12.1 Å². The lowest BCUT2D eigenvalue weighted by Gasteiger charge is -2.11. The summed E-state index contributed by atoms with van der Waals surface area (Å²) in [6.45, 7) is 0.475. The third-order valence-electron chi connectivity index (χ3n) is 4.26. The molecule has 0 radical (unpaired) electrons. The van der Waals surface area contributed by atoms with Crippen molar-refractivity contribution < 1.29 is 17.6 Å². The Morgan fingerprint density at radius 1 is 1.04 bits per heavy atom. The summed E-state index contributed by atoms with van der Waals surface area (Å²) < 4.78 is 53.6. The average Bonchev–Trinajstić information content (AvgIpc) is 3.11. The van der Waals surface area contributed by atoms with Gasteiger partial charge in [-0.15, -0.1) is 0 Å². The number of hydrogen-bond donors (Lipinski definition) is 2. The highest BCUT2D eigenvalue weighted by molar-refractivity contribution is 5.90. The zero-order valence-corrected chi connectivity index (χ0v) is 14.4. The highest BCUT2D eigenvalue weighted by Crippen LogP contribution is 2.37. The molecule has 4 rings (SSSR count). The Balaban J connectivity index is 1.74. The van der Waals surface area contributed by atoms with Gasteiger partial charge in [-0.2, -0.15) is 13.2 Å². The fourth-order valence-electron chi connectivity index (χ4n) is 2.96. The summed E-state index contributed by atoms with van der Waals surface area (Å²) in [4.78, 5) is 11.2. The largest absolute Gasteiger partial charge is 0.417 e. The molecule has 0 aliphatic rings. The summed E-state index contributed by atoms with van der Waals surface area (Å²) in [5.41, 5.74) is 1.33. The number of alkyl halides is 3. The molecule has 0 fully saturated rings. The molecule has 2 N–H and O–H groups in total. The number of nitrogens with zero attached hydrogens (tertiary/aromatic N) is 2. The number of imidazole rings is 1. The van der Waals surface area contributed by atoms with E-state index in [4.69, 9.17) is 0 Å². The van der Waals surface area contributed by atoms with Crippen molar-refractivity contribution in [2.75, 3.05) is 5.32 Å². The number of halogens is 4. The van der Waals surface area contributed by atoms with Crippen LogP contribution in [-0.4, -0.2) is 15.0 Å². The number of H-pyrrole nitrogens is 1. The highest BCUT2D eigenvalue weighted by Gasteiger charge is 2.34. The number of pyridine rings is 1. The highest BCUT2D eigenvalue weighted by atomic mass is 19.4. The van der Waals surface area contributed by atoms with Crippen LogP contribution in [0.15, 0.2) is 60.9 Å². The van der Waals surface area contributed by atoms with Gasteiger partial charge in [0.2, 0.25) is 0 Å². The van der Waals surface area contributed by atoms with Crippen LogP contribution in [0.1, 0.15) is 11.1 Å². The van der Waals surface area contributed by atoms with Crippen molar-refractivity contribution in [2.24, 2.45) is 0 Å². The van der Waals surface area contributed by atoms with Crippen LogP contribution in [0.25, 0.3) is 22.4 Å². The van der Waals surface area contributed by atoms with Crippen molar-refractivity contribution in [2.45, 2.75) is 12.7 Å². The second kappa shape index (κ2) is 6.95. The number of nitrogens with one attached hydrogen (secondary N) is 2. The molecule has 0 saturated carbocycles. The van der Waals surface area contributed by atoms with Crippen molar-refractivity contribution in [3.8, 4) is 11.4 Å². The van der Waals surface area contributed by atoms with E-state index in [-0.39, 0.29) is 11.4 Å². The molecule has 0 spiro atoms. The zero-order valence-electron chi connectivity index (χ0n) is 14.4. The van der Waals surface area contributed by atoms with E-state index in [9.17, 15) is 17.6 Å². The number of rotatable bonds is 4. The first-order valence-electron chi connectivity index (χ1n) is 8.40. The van der Waals surface area contributed by atoms with E-state index in [0.717, 1.165) is 23.8 Å². The van der Waals surface area contributed by atoms with Crippen LogP contribution in [0.3, 0.4) is 0 Å². The maximum Gasteiger partial charge on any atom is 0.417 e. The van der Waals surface area contributed by atoms with Gasteiger partial charge < -0.3 is 10.3 Å². The Morgan fingerprint density at radius 2 is 1.89 bits per heavy atom. The Hall–Kier alpha value is -3.42. The minimum Gasteiger partial charge on any atom is -0.379 e. The zero-order chi connectivity index (χ0) is 19.7. The van der Waals surface area contributed by atoms with Crippen molar-refractivity contribution in [3.63, 3.8) is 0 Å². The van der Waals surface area contributed by atoms with Crippen LogP contribution < -0.4 is 5.32 Å². The molecule has 4 nitrogen and oxygen atoms in total. The van der Waals surface area contributed by atoms with Crippen LogP contribution >= 0.6 is 0 Å². The molecule has 8 heteroatoms. The van der Waals surface area contributed by atoms with E-state index < -0.39 is 17.6 Å². The van der Waals surface area contributed by atoms with Crippen LogP contribution in [0, 0.1) is 5.82 Å². The molecule has 2 aromatic carbocycles. The number of benzene rings is 2. The predicted octanol–water partition coefficient (Wildman–Crippen LogP) is 5.39. The molecular formula is C20H14F4N4. The lowest BCUT2D eigenvalue weighted by molar-refractivity contribution is -0.137. The van der Waals surface area contributed by atoms with Gasteiger partial charge in [0, 0.05) is 24.5 Å². The molecule has 2 aromatic heterocycles. The number of anilines is 1. The van der Waals surface area contributed by atoms with Gasteiger partial charge in [-0.25, -0.2) is 9.37 Å². The molecule has 4 aromatic rings. The quantitative estimate of drug-likeness (QED) is 0.462. The molecule has 0 aliphatic heterocycles.